The van der Waals surface area contributed by atoms with Gasteiger partial charge in [0.25, 0.3) is 0 Å². The van der Waals surface area contributed by atoms with Crippen molar-refractivity contribution in [2.45, 2.75) is 6.18 Å². The molecule has 0 bridgehead atoms. The Balaban J connectivity index is 2.04. The molecule has 0 atom stereocenters. The van der Waals surface area contributed by atoms with E-state index in [1.54, 1.807) is 24.3 Å². The Bertz CT molecular complexity index is 777. The SMILES string of the molecule is O=C1O/C(=C(\Br)c2ccc(C(F)(F)F)cc2)c2ccccc21. The van der Waals surface area contributed by atoms with Crippen molar-refractivity contribution in [3.05, 3.63) is 70.8 Å². The summed E-state index contributed by atoms with van der Waals surface area (Å²) in [5.74, 6) is -0.171. The van der Waals surface area contributed by atoms with E-state index in [0.29, 0.717) is 26.9 Å². The average molecular weight is 369 g/mol. The molecule has 0 aromatic heterocycles. The monoisotopic (exact) mass is 368 g/mol. The molecule has 2 nitrogen and oxygen atoms in total. The van der Waals surface area contributed by atoms with E-state index in [1.165, 1.54) is 12.1 Å². The van der Waals surface area contributed by atoms with Crippen molar-refractivity contribution in [2.24, 2.45) is 0 Å². The maximum Gasteiger partial charge on any atom is 0.416 e. The second kappa shape index (κ2) is 5.28. The highest BCUT2D eigenvalue weighted by atomic mass is 79.9. The molecule has 2 aromatic carbocycles. The van der Waals surface area contributed by atoms with Crippen molar-refractivity contribution in [3.8, 4) is 0 Å². The predicted molar refractivity (Wildman–Crippen MR) is 79.0 cm³/mol. The van der Waals surface area contributed by atoms with Gasteiger partial charge in [0.15, 0.2) is 5.76 Å². The van der Waals surface area contributed by atoms with Gasteiger partial charge in [-0.05, 0) is 39.7 Å². The first-order valence-electron chi connectivity index (χ1n) is 6.27. The van der Waals surface area contributed by atoms with E-state index in [1.807, 2.05) is 0 Å². The number of hydrogen-bond donors (Lipinski definition) is 0. The fourth-order valence-electron chi connectivity index (χ4n) is 2.16. The summed E-state index contributed by atoms with van der Waals surface area (Å²) >= 11 is 3.31. The van der Waals surface area contributed by atoms with Crippen LogP contribution in [0.25, 0.3) is 10.2 Å². The van der Waals surface area contributed by atoms with E-state index < -0.39 is 17.7 Å². The topological polar surface area (TPSA) is 26.3 Å². The number of cyclic esters (lactones) is 1. The standard InChI is InChI=1S/C16H8BrF3O2/c17-13(9-5-7-10(8-6-9)16(18,19)20)14-11-3-1-2-4-12(11)15(21)22-14/h1-8H/b14-13-. The molecule has 1 aliphatic heterocycles. The number of halogens is 4. The summed E-state index contributed by atoms with van der Waals surface area (Å²) in [6.45, 7) is 0. The van der Waals surface area contributed by atoms with Gasteiger partial charge in [-0.2, -0.15) is 13.2 Å². The minimum atomic E-state index is -4.38. The lowest BCUT2D eigenvalue weighted by molar-refractivity contribution is -0.137. The largest absolute Gasteiger partial charge is 0.421 e. The van der Waals surface area contributed by atoms with Crippen LogP contribution < -0.4 is 0 Å². The second-order valence-electron chi connectivity index (χ2n) is 4.65. The molecule has 0 aliphatic carbocycles. The van der Waals surface area contributed by atoms with Crippen molar-refractivity contribution >= 4 is 32.1 Å². The summed E-state index contributed by atoms with van der Waals surface area (Å²) < 4.78 is 43.4. The lowest BCUT2D eigenvalue weighted by atomic mass is 10.1. The van der Waals surface area contributed by atoms with E-state index in [0.717, 1.165) is 12.1 Å². The van der Waals surface area contributed by atoms with Crippen LogP contribution in [0.2, 0.25) is 0 Å². The van der Waals surface area contributed by atoms with Crippen LogP contribution in [0.5, 0.6) is 0 Å². The van der Waals surface area contributed by atoms with Crippen LogP contribution in [0.4, 0.5) is 13.2 Å². The molecule has 1 heterocycles. The van der Waals surface area contributed by atoms with Crippen LogP contribution in [0.1, 0.15) is 27.0 Å². The van der Waals surface area contributed by atoms with Crippen LogP contribution in [-0.2, 0) is 10.9 Å². The Morgan fingerprint density at radius 3 is 2.14 bits per heavy atom. The molecule has 1 aliphatic rings. The van der Waals surface area contributed by atoms with Gasteiger partial charge in [0.1, 0.15) is 0 Å². The van der Waals surface area contributed by atoms with Gasteiger partial charge in [-0.25, -0.2) is 4.79 Å². The van der Waals surface area contributed by atoms with Gasteiger partial charge in [0.2, 0.25) is 0 Å². The zero-order valence-corrected chi connectivity index (χ0v) is 12.5. The van der Waals surface area contributed by atoms with E-state index in [9.17, 15) is 18.0 Å². The fraction of sp³-hybridized carbons (Fsp3) is 0.0625. The number of benzene rings is 2. The van der Waals surface area contributed by atoms with Crippen molar-refractivity contribution in [3.63, 3.8) is 0 Å². The number of fused-ring (bicyclic) bond motifs is 1. The van der Waals surface area contributed by atoms with E-state index in [-0.39, 0.29) is 0 Å². The molecule has 2 aromatic rings. The fourth-order valence-corrected chi connectivity index (χ4v) is 2.72. The van der Waals surface area contributed by atoms with Crippen molar-refractivity contribution < 1.29 is 22.7 Å². The molecular weight excluding hydrogens is 361 g/mol. The summed E-state index contributed by atoms with van der Waals surface area (Å²) in [6, 6.07) is 11.5. The first-order valence-corrected chi connectivity index (χ1v) is 7.06. The average Bonchev–Trinajstić information content (AvgIpc) is 2.83. The zero-order valence-electron chi connectivity index (χ0n) is 10.9. The minimum Gasteiger partial charge on any atom is -0.421 e. The maximum absolute atomic E-state index is 12.6. The Morgan fingerprint density at radius 2 is 1.55 bits per heavy atom. The van der Waals surface area contributed by atoms with Crippen LogP contribution >= 0.6 is 15.9 Å². The van der Waals surface area contributed by atoms with Crippen LogP contribution in [0, 0.1) is 0 Å². The van der Waals surface area contributed by atoms with Crippen LogP contribution in [0.3, 0.4) is 0 Å². The molecule has 0 unspecified atom stereocenters. The van der Waals surface area contributed by atoms with Crippen molar-refractivity contribution in [1.29, 1.82) is 0 Å². The van der Waals surface area contributed by atoms with Gasteiger partial charge in [0, 0.05) is 5.56 Å². The van der Waals surface area contributed by atoms with Gasteiger partial charge < -0.3 is 4.74 Å². The number of hydrogen-bond acceptors (Lipinski definition) is 2. The number of ether oxygens (including phenoxy) is 1. The van der Waals surface area contributed by atoms with Gasteiger partial charge in [-0.15, -0.1) is 0 Å². The number of carbonyl (C=O) groups excluding carboxylic acids is 1. The zero-order chi connectivity index (χ0) is 15.9. The second-order valence-corrected chi connectivity index (χ2v) is 5.45. The molecule has 0 saturated carbocycles. The molecule has 0 amide bonds. The first-order chi connectivity index (χ1) is 10.4. The lowest BCUT2D eigenvalue weighted by Gasteiger charge is -2.08. The predicted octanol–water partition coefficient (Wildman–Crippen LogP) is 5.10. The number of alkyl halides is 3. The normalized spacial score (nSPS) is 16.3. The highest BCUT2D eigenvalue weighted by Gasteiger charge is 2.31. The van der Waals surface area contributed by atoms with Gasteiger partial charge in [-0.1, -0.05) is 30.3 Å². The maximum atomic E-state index is 12.6. The minimum absolute atomic E-state index is 0.306. The summed E-state index contributed by atoms with van der Waals surface area (Å²) in [5.41, 5.74) is 0.804. The number of esters is 1. The third kappa shape index (κ3) is 2.54. The number of rotatable bonds is 1. The summed E-state index contributed by atoms with van der Waals surface area (Å²) in [6.07, 6.45) is -4.38. The Hall–Kier alpha value is -2.08. The Morgan fingerprint density at radius 1 is 0.955 bits per heavy atom. The third-order valence-electron chi connectivity index (χ3n) is 3.25. The molecule has 6 heteroatoms. The summed E-state index contributed by atoms with van der Waals surface area (Å²) in [4.78, 5) is 11.8. The molecule has 0 saturated heterocycles. The van der Waals surface area contributed by atoms with E-state index >= 15 is 0 Å². The summed E-state index contributed by atoms with van der Waals surface area (Å²) in [7, 11) is 0. The lowest BCUT2D eigenvalue weighted by Crippen LogP contribution is -2.04. The molecule has 3 rings (SSSR count). The molecule has 0 fully saturated rings. The Kier molecular flexibility index (Phi) is 3.56. The molecule has 22 heavy (non-hydrogen) atoms. The Labute approximate surface area is 132 Å². The van der Waals surface area contributed by atoms with Crippen LogP contribution in [0.15, 0.2) is 48.5 Å². The quantitative estimate of drug-likeness (QED) is 0.654. The van der Waals surface area contributed by atoms with Crippen molar-refractivity contribution in [2.75, 3.05) is 0 Å². The molecule has 0 N–H and O–H groups in total. The molecule has 112 valence electrons. The van der Waals surface area contributed by atoms with E-state index in [4.69, 9.17) is 4.74 Å². The van der Waals surface area contributed by atoms with E-state index in [2.05, 4.69) is 15.9 Å². The van der Waals surface area contributed by atoms with Gasteiger partial charge in [-0.3, -0.25) is 0 Å². The third-order valence-corrected chi connectivity index (χ3v) is 4.07. The smallest absolute Gasteiger partial charge is 0.416 e. The highest BCUT2D eigenvalue weighted by Crippen LogP contribution is 2.39. The van der Waals surface area contributed by atoms with Crippen LogP contribution in [-0.4, -0.2) is 5.97 Å². The summed E-state index contributed by atoms with van der Waals surface area (Å²) in [5, 5.41) is 0. The number of carbonyl (C=O) groups is 1. The van der Waals surface area contributed by atoms with Gasteiger partial charge >= 0.3 is 12.1 Å². The highest BCUT2D eigenvalue weighted by molar-refractivity contribution is 9.15. The molecular formula is C16H8BrF3O2. The first kappa shape index (κ1) is 14.8. The van der Waals surface area contributed by atoms with Gasteiger partial charge in [0.05, 0.1) is 15.6 Å². The molecule has 0 radical (unpaired) electrons. The molecule has 0 spiro atoms. The van der Waals surface area contributed by atoms with Crippen molar-refractivity contribution in [1.82, 2.24) is 0 Å².